The quantitative estimate of drug-likeness (QED) is 0.839. The van der Waals surface area contributed by atoms with Crippen LogP contribution in [0, 0.1) is 0 Å². The highest BCUT2D eigenvalue weighted by atomic mass is 16.2. The van der Waals surface area contributed by atoms with Crippen LogP contribution >= 0.6 is 0 Å². The van der Waals surface area contributed by atoms with E-state index in [1.807, 2.05) is 24.1 Å². The molecule has 0 radical (unpaired) electrons. The Bertz CT molecular complexity index is 908. The summed E-state index contributed by atoms with van der Waals surface area (Å²) in [5.41, 5.74) is 3.50. The van der Waals surface area contributed by atoms with E-state index in [0.29, 0.717) is 24.5 Å². The maximum Gasteiger partial charge on any atom is 0.319 e. The minimum Gasteiger partial charge on any atom is -0.335 e. The van der Waals surface area contributed by atoms with Crippen molar-refractivity contribution in [1.29, 1.82) is 0 Å². The van der Waals surface area contributed by atoms with Gasteiger partial charge in [0.25, 0.3) is 5.91 Å². The normalized spacial score (nSPS) is 21.5. The lowest BCUT2D eigenvalue weighted by Crippen LogP contribution is -2.47. The molecule has 2 aliphatic rings. The largest absolute Gasteiger partial charge is 0.335 e. The maximum absolute atomic E-state index is 12.7. The summed E-state index contributed by atoms with van der Waals surface area (Å²) in [5.74, 6) is 0.172. The summed E-state index contributed by atoms with van der Waals surface area (Å²) in [4.78, 5) is 33.5. The fourth-order valence-corrected chi connectivity index (χ4v) is 4.10. The molecule has 1 aliphatic heterocycles. The van der Waals surface area contributed by atoms with Crippen LogP contribution in [0.15, 0.2) is 42.6 Å². The van der Waals surface area contributed by atoms with Crippen LogP contribution in [0.5, 0.6) is 0 Å². The first-order valence-corrected chi connectivity index (χ1v) is 10.1. The number of urea groups is 1. The van der Waals surface area contributed by atoms with Gasteiger partial charge in [-0.05, 0) is 36.7 Å². The van der Waals surface area contributed by atoms with E-state index in [0.717, 1.165) is 19.5 Å². The van der Waals surface area contributed by atoms with E-state index in [1.54, 1.807) is 18.3 Å². The van der Waals surface area contributed by atoms with Gasteiger partial charge in [0.2, 0.25) is 0 Å². The average molecular weight is 393 g/mol. The van der Waals surface area contributed by atoms with E-state index in [1.165, 1.54) is 11.1 Å². The Balaban J connectivity index is 1.37. The summed E-state index contributed by atoms with van der Waals surface area (Å²) in [6.45, 7) is 5.22. The Kier molecular flexibility index (Phi) is 5.49. The van der Waals surface area contributed by atoms with Gasteiger partial charge in [-0.1, -0.05) is 31.2 Å². The number of carbonyl (C=O) groups is 2. The monoisotopic (exact) mass is 393 g/mol. The predicted octanol–water partition coefficient (Wildman–Crippen LogP) is 2.32. The van der Waals surface area contributed by atoms with Crippen molar-refractivity contribution < 1.29 is 9.59 Å². The first kappa shape index (κ1) is 19.4. The molecule has 0 saturated carbocycles. The highest BCUT2D eigenvalue weighted by molar-refractivity contribution is 5.95. The Labute approximate surface area is 171 Å². The fourth-order valence-electron chi connectivity index (χ4n) is 4.10. The number of hydrogen-bond donors (Lipinski definition) is 2. The smallest absolute Gasteiger partial charge is 0.319 e. The van der Waals surface area contributed by atoms with Crippen LogP contribution < -0.4 is 10.6 Å². The van der Waals surface area contributed by atoms with Crippen molar-refractivity contribution >= 4 is 17.6 Å². The number of carbonyl (C=O) groups excluding carboxylic acids is 2. The molecular formula is C22H27N5O2. The van der Waals surface area contributed by atoms with Crippen molar-refractivity contribution in [3.05, 3.63) is 59.4 Å². The minimum absolute atomic E-state index is 0.0562. The van der Waals surface area contributed by atoms with E-state index >= 15 is 0 Å². The van der Waals surface area contributed by atoms with Gasteiger partial charge in [-0.2, -0.15) is 0 Å². The summed E-state index contributed by atoms with van der Waals surface area (Å²) in [7, 11) is 2.05. The van der Waals surface area contributed by atoms with Crippen molar-refractivity contribution in [3.63, 3.8) is 0 Å². The van der Waals surface area contributed by atoms with Crippen molar-refractivity contribution in [3.8, 4) is 0 Å². The molecule has 2 atom stereocenters. The van der Waals surface area contributed by atoms with Crippen LogP contribution in [-0.4, -0.2) is 66.0 Å². The van der Waals surface area contributed by atoms with Crippen LogP contribution in [-0.2, 0) is 6.42 Å². The number of amides is 3. The van der Waals surface area contributed by atoms with Crippen molar-refractivity contribution in [2.24, 2.45) is 0 Å². The van der Waals surface area contributed by atoms with E-state index in [2.05, 4.69) is 39.6 Å². The number of likely N-dealkylation sites (N-methyl/N-ethyl adjacent to an activating group) is 1. The lowest BCUT2D eigenvalue weighted by molar-refractivity contribution is 0.0658. The van der Waals surface area contributed by atoms with E-state index in [4.69, 9.17) is 0 Å². The summed E-state index contributed by atoms with van der Waals surface area (Å²) >= 11 is 0. The number of fused-ring (bicyclic) bond motifs is 1. The molecule has 1 fully saturated rings. The number of anilines is 1. The average Bonchev–Trinajstić information content (AvgIpc) is 3.04. The number of nitrogens with one attached hydrogen (secondary N) is 2. The maximum atomic E-state index is 12.7. The molecule has 0 spiro atoms. The van der Waals surface area contributed by atoms with E-state index in [9.17, 15) is 9.59 Å². The molecule has 1 aromatic carbocycles. The summed E-state index contributed by atoms with van der Waals surface area (Å²) in [5, 5.41) is 5.92. The highest BCUT2D eigenvalue weighted by Crippen LogP contribution is 2.32. The molecule has 4 rings (SSSR count). The molecule has 7 heteroatoms. The standard InChI is InChI=1S/C22H27N5O2/c1-15-18-6-4-3-5-16(18)13-19(15)25-22(29)24-17-7-8-23-20(14-17)21(28)27-11-9-26(2)10-12-27/h3-8,14-15,19H,9-13H2,1-2H3,(H2,23,24,25,29)/t15-,19+/m0/s1. The van der Waals surface area contributed by atoms with Crippen molar-refractivity contribution in [2.75, 3.05) is 38.5 Å². The second-order valence-corrected chi connectivity index (χ2v) is 7.92. The molecule has 2 heterocycles. The number of hydrogen-bond acceptors (Lipinski definition) is 4. The van der Waals surface area contributed by atoms with Crippen LogP contribution in [0.4, 0.5) is 10.5 Å². The number of pyridine rings is 1. The SMILES string of the molecule is C[C@H]1c2ccccc2C[C@H]1NC(=O)Nc1ccnc(C(=O)N2CCN(C)CC2)c1. The van der Waals surface area contributed by atoms with Gasteiger partial charge >= 0.3 is 6.03 Å². The first-order chi connectivity index (χ1) is 14.0. The molecule has 2 aromatic rings. The third-order valence-corrected chi connectivity index (χ3v) is 5.93. The van der Waals surface area contributed by atoms with Gasteiger partial charge in [0.1, 0.15) is 5.69 Å². The second-order valence-electron chi connectivity index (χ2n) is 7.92. The third-order valence-electron chi connectivity index (χ3n) is 5.93. The Morgan fingerprint density at radius 2 is 1.86 bits per heavy atom. The molecule has 152 valence electrons. The molecule has 7 nitrogen and oxygen atoms in total. The van der Waals surface area contributed by atoms with E-state index in [-0.39, 0.29) is 23.9 Å². The van der Waals surface area contributed by atoms with Gasteiger partial charge < -0.3 is 20.4 Å². The summed E-state index contributed by atoms with van der Waals surface area (Å²) < 4.78 is 0. The number of nitrogens with zero attached hydrogens (tertiary/aromatic N) is 3. The zero-order valence-corrected chi connectivity index (χ0v) is 16.9. The van der Waals surface area contributed by atoms with E-state index < -0.39 is 0 Å². The zero-order chi connectivity index (χ0) is 20.4. The molecule has 3 amide bonds. The third kappa shape index (κ3) is 4.24. The van der Waals surface area contributed by atoms with Gasteiger partial charge in [0.15, 0.2) is 0 Å². The predicted molar refractivity (Wildman–Crippen MR) is 112 cm³/mol. The summed E-state index contributed by atoms with van der Waals surface area (Å²) in [6.07, 6.45) is 2.39. The highest BCUT2D eigenvalue weighted by Gasteiger charge is 2.30. The molecule has 1 aromatic heterocycles. The van der Waals surface area contributed by atoms with Crippen LogP contribution in [0.1, 0.15) is 34.5 Å². The Morgan fingerprint density at radius 1 is 1.10 bits per heavy atom. The second kappa shape index (κ2) is 8.21. The minimum atomic E-state index is -0.265. The number of piperazine rings is 1. The Hall–Kier alpha value is -2.93. The Morgan fingerprint density at radius 3 is 2.62 bits per heavy atom. The molecule has 0 bridgehead atoms. The molecule has 0 unspecified atom stereocenters. The molecule has 1 saturated heterocycles. The van der Waals surface area contributed by atoms with Crippen LogP contribution in [0.25, 0.3) is 0 Å². The van der Waals surface area contributed by atoms with Gasteiger partial charge in [-0.3, -0.25) is 9.78 Å². The first-order valence-electron chi connectivity index (χ1n) is 10.1. The number of rotatable bonds is 3. The van der Waals surface area contributed by atoms with Gasteiger partial charge in [0, 0.05) is 50.0 Å². The van der Waals surface area contributed by atoms with Gasteiger partial charge in [0.05, 0.1) is 0 Å². The van der Waals surface area contributed by atoms with Crippen molar-refractivity contribution in [1.82, 2.24) is 20.1 Å². The molecule has 29 heavy (non-hydrogen) atoms. The van der Waals surface area contributed by atoms with Crippen LogP contribution in [0.3, 0.4) is 0 Å². The summed E-state index contributed by atoms with van der Waals surface area (Å²) in [6, 6.07) is 11.4. The molecular weight excluding hydrogens is 366 g/mol. The molecule has 1 aliphatic carbocycles. The molecule has 2 N–H and O–H groups in total. The van der Waals surface area contributed by atoms with Crippen LogP contribution in [0.2, 0.25) is 0 Å². The number of aromatic nitrogens is 1. The van der Waals surface area contributed by atoms with Crippen molar-refractivity contribution in [2.45, 2.75) is 25.3 Å². The fraction of sp³-hybridized carbons (Fsp3) is 0.409. The lowest BCUT2D eigenvalue weighted by Gasteiger charge is -2.32. The van der Waals surface area contributed by atoms with Gasteiger partial charge in [-0.25, -0.2) is 4.79 Å². The zero-order valence-electron chi connectivity index (χ0n) is 16.9. The van der Waals surface area contributed by atoms with Gasteiger partial charge in [-0.15, -0.1) is 0 Å². The number of benzene rings is 1. The topological polar surface area (TPSA) is 77.6 Å². The lowest BCUT2D eigenvalue weighted by atomic mass is 10.0.